The predicted molar refractivity (Wildman–Crippen MR) is 110 cm³/mol. The molecule has 3 fully saturated rings. The molecule has 2 bridgehead atoms. The second-order valence-corrected chi connectivity index (χ2v) is 8.63. The van der Waals surface area contributed by atoms with Crippen molar-refractivity contribution in [2.75, 3.05) is 32.8 Å². The SMILES string of the molecule is CC(C)=CCC/C(C)=C/CC/C(C)=C/COCC1(O)CN2CCC1CC2. The summed E-state index contributed by atoms with van der Waals surface area (Å²) < 4.78 is 5.83. The van der Waals surface area contributed by atoms with Crippen molar-refractivity contribution < 1.29 is 9.84 Å². The van der Waals surface area contributed by atoms with Gasteiger partial charge in [0.2, 0.25) is 0 Å². The smallest absolute Gasteiger partial charge is 0.103 e. The third kappa shape index (κ3) is 7.02. The molecule has 3 nitrogen and oxygen atoms in total. The zero-order valence-corrected chi connectivity index (χ0v) is 17.4. The van der Waals surface area contributed by atoms with Crippen molar-refractivity contribution in [2.24, 2.45) is 5.92 Å². The molecule has 3 aliphatic rings. The molecule has 0 amide bonds. The van der Waals surface area contributed by atoms with Crippen molar-refractivity contribution in [3.05, 3.63) is 34.9 Å². The van der Waals surface area contributed by atoms with Crippen molar-refractivity contribution in [1.82, 2.24) is 4.90 Å². The summed E-state index contributed by atoms with van der Waals surface area (Å²) >= 11 is 0. The number of fused-ring (bicyclic) bond motifs is 3. The number of ether oxygens (including phenoxy) is 1. The Morgan fingerprint density at radius 1 is 1.00 bits per heavy atom. The molecule has 3 heterocycles. The standard InChI is InChI=1S/C23H39NO2/c1-19(2)7-5-8-20(3)9-6-10-21(4)13-16-26-18-23(25)17-24-14-11-22(23)12-15-24/h7,9,13,22,25H,5-6,8,10-12,14-18H2,1-4H3/b20-9+,21-13+. The number of piperidine rings is 3. The van der Waals surface area contributed by atoms with Gasteiger partial charge in [0.15, 0.2) is 0 Å². The third-order valence-corrected chi connectivity index (χ3v) is 5.87. The molecule has 0 aromatic rings. The molecule has 3 saturated heterocycles. The minimum atomic E-state index is -0.622. The zero-order valence-electron chi connectivity index (χ0n) is 17.4. The molecule has 3 rings (SSSR count). The molecular weight excluding hydrogens is 322 g/mol. The number of rotatable bonds is 10. The molecule has 148 valence electrons. The molecule has 1 atom stereocenters. The minimum Gasteiger partial charge on any atom is -0.386 e. The molecule has 3 heteroatoms. The van der Waals surface area contributed by atoms with Gasteiger partial charge in [-0.05, 0) is 85.2 Å². The van der Waals surface area contributed by atoms with Crippen LogP contribution >= 0.6 is 0 Å². The van der Waals surface area contributed by atoms with Gasteiger partial charge in [-0.2, -0.15) is 0 Å². The maximum absolute atomic E-state index is 10.8. The van der Waals surface area contributed by atoms with E-state index in [4.69, 9.17) is 4.74 Å². The molecule has 0 aromatic heterocycles. The highest BCUT2D eigenvalue weighted by atomic mass is 16.5. The lowest BCUT2D eigenvalue weighted by atomic mass is 9.76. The topological polar surface area (TPSA) is 32.7 Å². The fourth-order valence-corrected chi connectivity index (χ4v) is 4.08. The predicted octanol–water partition coefficient (Wildman–Crippen LogP) is 4.88. The maximum atomic E-state index is 10.8. The molecule has 0 saturated carbocycles. The Bertz CT molecular complexity index is 522. The summed E-state index contributed by atoms with van der Waals surface area (Å²) in [5, 5.41) is 10.8. The average molecular weight is 362 g/mol. The van der Waals surface area contributed by atoms with Gasteiger partial charge in [-0.25, -0.2) is 0 Å². The van der Waals surface area contributed by atoms with E-state index in [0.29, 0.717) is 19.1 Å². The fourth-order valence-electron chi connectivity index (χ4n) is 4.08. The summed E-state index contributed by atoms with van der Waals surface area (Å²) in [6.45, 7) is 12.9. The van der Waals surface area contributed by atoms with Gasteiger partial charge in [-0.15, -0.1) is 0 Å². The van der Waals surface area contributed by atoms with Crippen LogP contribution in [0.15, 0.2) is 34.9 Å². The van der Waals surface area contributed by atoms with Crippen LogP contribution in [0, 0.1) is 5.92 Å². The molecule has 1 N–H and O–H groups in total. The van der Waals surface area contributed by atoms with Gasteiger partial charge in [-0.1, -0.05) is 34.9 Å². The molecule has 0 aliphatic carbocycles. The Hall–Kier alpha value is -0.900. The quantitative estimate of drug-likeness (QED) is 0.445. The van der Waals surface area contributed by atoms with E-state index in [2.05, 4.69) is 50.8 Å². The van der Waals surface area contributed by atoms with Crippen molar-refractivity contribution in [3.8, 4) is 0 Å². The highest BCUT2D eigenvalue weighted by Crippen LogP contribution is 2.35. The van der Waals surface area contributed by atoms with E-state index in [0.717, 1.165) is 58.2 Å². The second-order valence-electron chi connectivity index (χ2n) is 8.63. The molecule has 3 aliphatic heterocycles. The van der Waals surface area contributed by atoms with Gasteiger partial charge < -0.3 is 14.7 Å². The minimum absolute atomic E-state index is 0.428. The molecule has 26 heavy (non-hydrogen) atoms. The van der Waals surface area contributed by atoms with E-state index < -0.39 is 5.60 Å². The highest BCUT2D eigenvalue weighted by Gasteiger charge is 2.45. The first-order chi connectivity index (χ1) is 12.4. The molecule has 1 unspecified atom stereocenters. The monoisotopic (exact) mass is 361 g/mol. The van der Waals surface area contributed by atoms with Gasteiger partial charge in [-0.3, -0.25) is 0 Å². The lowest BCUT2D eigenvalue weighted by Gasteiger charge is -2.50. The maximum Gasteiger partial charge on any atom is 0.103 e. The first kappa shape index (κ1) is 21.4. The number of hydrogen-bond donors (Lipinski definition) is 1. The van der Waals surface area contributed by atoms with E-state index in [-0.39, 0.29) is 0 Å². The Kier molecular flexibility index (Phi) is 8.59. The normalized spacial score (nSPS) is 29.1. The summed E-state index contributed by atoms with van der Waals surface area (Å²) in [6.07, 6.45) is 13.6. The summed E-state index contributed by atoms with van der Waals surface area (Å²) in [7, 11) is 0. The summed E-state index contributed by atoms with van der Waals surface area (Å²) in [5.74, 6) is 0.428. The molecule has 0 aromatic carbocycles. The van der Waals surface area contributed by atoms with Crippen molar-refractivity contribution >= 4 is 0 Å². The Balaban J connectivity index is 1.62. The molecule has 0 radical (unpaired) electrons. The average Bonchev–Trinajstić information content (AvgIpc) is 2.59. The van der Waals surface area contributed by atoms with Crippen LogP contribution < -0.4 is 0 Å². The van der Waals surface area contributed by atoms with Crippen LogP contribution in [0.3, 0.4) is 0 Å². The summed E-state index contributed by atoms with van der Waals surface area (Å²) in [4.78, 5) is 2.37. The van der Waals surface area contributed by atoms with Gasteiger partial charge >= 0.3 is 0 Å². The summed E-state index contributed by atoms with van der Waals surface area (Å²) in [6, 6.07) is 0. The molecular formula is C23H39NO2. The lowest BCUT2D eigenvalue weighted by molar-refractivity contribution is -0.146. The van der Waals surface area contributed by atoms with Crippen LogP contribution in [0.1, 0.15) is 66.2 Å². The second kappa shape index (κ2) is 10.4. The number of nitrogens with zero attached hydrogens (tertiary/aromatic N) is 1. The van der Waals surface area contributed by atoms with Gasteiger partial charge in [0, 0.05) is 6.54 Å². The van der Waals surface area contributed by atoms with Crippen LogP contribution in [0.5, 0.6) is 0 Å². The van der Waals surface area contributed by atoms with Gasteiger partial charge in [0.05, 0.1) is 13.2 Å². The van der Waals surface area contributed by atoms with Gasteiger partial charge in [0.25, 0.3) is 0 Å². The number of allylic oxidation sites excluding steroid dienone is 5. The van der Waals surface area contributed by atoms with E-state index in [1.54, 1.807) is 0 Å². The first-order valence-corrected chi connectivity index (χ1v) is 10.4. The van der Waals surface area contributed by atoms with Gasteiger partial charge in [0.1, 0.15) is 5.60 Å². The Morgan fingerprint density at radius 3 is 2.19 bits per heavy atom. The first-order valence-electron chi connectivity index (χ1n) is 10.4. The largest absolute Gasteiger partial charge is 0.386 e. The third-order valence-electron chi connectivity index (χ3n) is 5.87. The number of aliphatic hydroxyl groups is 1. The summed E-state index contributed by atoms with van der Waals surface area (Å²) in [5.41, 5.74) is 3.64. The lowest BCUT2D eigenvalue weighted by Crippen LogP contribution is -2.61. The Labute approximate surface area is 160 Å². The zero-order chi connectivity index (χ0) is 19.0. The molecule has 0 spiro atoms. The van der Waals surface area contributed by atoms with Crippen LogP contribution in [0.4, 0.5) is 0 Å². The van der Waals surface area contributed by atoms with Crippen molar-refractivity contribution in [3.63, 3.8) is 0 Å². The van der Waals surface area contributed by atoms with Crippen LogP contribution in [-0.4, -0.2) is 48.5 Å². The fraction of sp³-hybridized carbons (Fsp3) is 0.739. The number of hydrogen-bond acceptors (Lipinski definition) is 3. The van der Waals surface area contributed by atoms with Crippen LogP contribution in [0.2, 0.25) is 0 Å². The Morgan fingerprint density at radius 2 is 1.62 bits per heavy atom. The van der Waals surface area contributed by atoms with Crippen molar-refractivity contribution in [1.29, 1.82) is 0 Å². The van der Waals surface area contributed by atoms with E-state index in [1.165, 1.54) is 16.7 Å². The van der Waals surface area contributed by atoms with Crippen LogP contribution in [-0.2, 0) is 4.74 Å². The van der Waals surface area contributed by atoms with E-state index in [9.17, 15) is 5.11 Å². The van der Waals surface area contributed by atoms with Crippen LogP contribution in [0.25, 0.3) is 0 Å². The van der Waals surface area contributed by atoms with E-state index >= 15 is 0 Å². The van der Waals surface area contributed by atoms with Crippen molar-refractivity contribution in [2.45, 2.75) is 71.8 Å². The highest BCUT2D eigenvalue weighted by molar-refractivity contribution is 5.05. The van der Waals surface area contributed by atoms with E-state index in [1.807, 2.05) is 0 Å².